The van der Waals surface area contributed by atoms with Gasteiger partial charge in [0.2, 0.25) is 5.91 Å². The first-order valence-electron chi connectivity index (χ1n) is 5.31. The minimum absolute atomic E-state index is 0.217. The number of imide groups is 1. The maximum atomic E-state index is 11.2. The first-order chi connectivity index (χ1) is 8.13. The summed E-state index contributed by atoms with van der Waals surface area (Å²) in [6.45, 7) is 2.50. The molecule has 1 rings (SSSR count). The molecule has 0 aliphatic carbocycles. The number of amides is 3. The van der Waals surface area contributed by atoms with Crippen LogP contribution in [-0.2, 0) is 11.2 Å². The van der Waals surface area contributed by atoms with E-state index < -0.39 is 11.9 Å². The molecular weight excluding hydrogens is 240 g/mol. The lowest BCUT2D eigenvalue weighted by Crippen LogP contribution is -2.40. The van der Waals surface area contributed by atoms with Gasteiger partial charge in [-0.3, -0.25) is 10.1 Å². The van der Waals surface area contributed by atoms with Gasteiger partial charge in [-0.1, -0.05) is 24.3 Å². The molecule has 0 bridgehead atoms. The van der Waals surface area contributed by atoms with Crippen LogP contribution < -0.4 is 10.6 Å². The number of carbonyl (C=O) groups excluding carboxylic acids is 2. The molecule has 0 saturated heterocycles. The van der Waals surface area contributed by atoms with E-state index in [-0.39, 0.29) is 5.88 Å². The van der Waals surface area contributed by atoms with Crippen molar-refractivity contribution in [3.05, 3.63) is 35.4 Å². The van der Waals surface area contributed by atoms with E-state index in [9.17, 15) is 9.59 Å². The Morgan fingerprint density at radius 1 is 1.29 bits per heavy atom. The predicted molar refractivity (Wildman–Crippen MR) is 67.1 cm³/mol. The van der Waals surface area contributed by atoms with Crippen LogP contribution in [0.4, 0.5) is 4.79 Å². The van der Waals surface area contributed by atoms with E-state index >= 15 is 0 Å². The van der Waals surface area contributed by atoms with Crippen molar-refractivity contribution in [1.82, 2.24) is 10.6 Å². The Hall–Kier alpha value is -1.55. The van der Waals surface area contributed by atoms with Crippen LogP contribution in [0, 0.1) is 6.92 Å². The topological polar surface area (TPSA) is 58.2 Å². The third kappa shape index (κ3) is 4.87. The van der Waals surface area contributed by atoms with Crippen molar-refractivity contribution < 1.29 is 9.59 Å². The Kier molecular flexibility index (Phi) is 5.49. The summed E-state index contributed by atoms with van der Waals surface area (Å²) >= 11 is 5.25. The molecule has 0 atom stereocenters. The standard InChI is InChI=1S/C12H15ClN2O2/c1-9-4-2-3-5-10(9)6-7-14-12(17)15-11(16)8-13/h2-5H,6-8H2,1H3,(H2,14,15,16,17). The Bertz CT molecular complexity index is 407. The van der Waals surface area contributed by atoms with Crippen LogP contribution in [0.3, 0.4) is 0 Å². The predicted octanol–water partition coefficient (Wildman–Crippen LogP) is 1.60. The number of hydrogen-bond acceptors (Lipinski definition) is 2. The molecule has 5 heteroatoms. The quantitative estimate of drug-likeness (QED) is 0.802. The minimum atomic E-state index is -0.510. The van der Waals surface area contributed by atoms with E-state index in [1.165, 1.54) is 11.1 Å². The highest BCUT2D eigenvalue weighted by Gasteiger charge is 2.05. The Morgan fingerprint density at radius 3 is 2.65 bits per heavy atom. The average molecular weight is 255 g/mol. The second-order valence-corrected chi connectivity index (χ2v) is 3.88. The van der Waals surface area contributed by atoms with Crippen LogP contribution in [0.1, 0.15) is 11.1 Å². The van der Waals surface area contributed by atoms with Crippen LogP contribution >= 0.6 is 11.6 Å². The van der Waals surface area contributed by atoms with Gasteiger partial charge in [-0.2, -0.15) is 0 Å². The summed E-state index contributed by atoms with van der Waals surface area (Å²) < 4.78 is 0. The number of hydrogen-bond donors (Lipinski definition) is 2. The zero-order valence-corrected chi connectivity index (χ0v) is 10.4. The molecule has 0 saturated carbocycles. The fraction of sp³-hybridized carbons (Fsp3) is 0.333. The molecule has 0 aliphatic rings. The zero-order chi connectivity index (χ0) is 12.7. The summed E-state index contributed by atoms with van der Waals surface area (Å²) in [7, 11) is 0. The monoisotopic (exact) mass is 254 g/mol. The summed E-state index contributed by atoms with van der Waals surface area (Å²) in [4.78, 5) is 22.0. The van der Waals surface area contributed by atoms with E-state index in [1.807, 2.05) is 31.2 Å². The number of benzene rings is 1. The summed E-state index contributed by atoms with van der Waals surface area (Å²) in [5.74, 6) is -0.717. The SMILES string of the molecule is Cc1ccccc1CCNC(=O)NC(=O)CCl. The zero-order valence-electron chi connectivity index (χ0n) is 9.63. The highest BCUT2D eigenvalue weighted by Crippen LogP contribution is 2.06. The lowest BCUT2D eigenvalue weighted by molar-refractivity contribution is -0.117. The number of nitrogens with one attached hydrogen (secondary N) is 2. The normalized spacial score (nSPS) is 9.76. The van der Waals surface area contributed by atoms with Gasteiger partial charge in [0, 0.05) is 6.54 Å². The molecular formula is C12H15ClN2O2. The Labute approximate surface area is 105 Å². The van der Waals surface area contributed by atoms with Gasteiger partial charge in [-0.25, -0.2) is 4.79 Å². The van der Waals surface area contributed by atoms with E-state index in [4.69, 9.17) is 11.6 Å². The largest absolute Gasteiger partial charge is 0.337 e. The van der Waals surface area contributed by atoms with Gasteiger partial charge < -0.3 is 5.32 Å². The fourth-order valence-corrected chi connectivity index (χ4v) is 1.47. The number of carbonyl (C=O) groups is 2. The Balaban J connectivity index is 2.31. The summed E-state index contributed by atoms with van der Waals surface area (Å²) in [6.07, 6.45) is 0.731. The molecule has 1 aromatic carbocycles. The maximum absolute atomic E-state index is 11.2. The van der Waals surface area contributed by atoms with Crippen molar-refractivity contribution in [2.75, 3.05) is 12.4 Å². The maximum Gasteiger partial charge on any atom is 0.321 e. The van der Waals surface area contributed by atoms with Gasteiger partial charge in [0.15, 0.2) is 0 Å². The van der Waals surface area contributed by atoms with E-state index in [0.29, 0.717) is 6.54 Å². The number of rotatable bonds is 4. The molecule has 0 spiro atoms. The lowest BCUT2D eigenvalue weighted by Gasteiger charge is -2.07. The highest BCUT2D eigenvalue weighted by atomic mass is 35.5. The van der Waals surface area contributed by atoms with Gasteiger partial charge >= 0.3 is 6.03 Å². The summed E-state index contributed by atoms with van der Waals surface area (Å²) in [6, 6.07) is 7.45. The second-order valence-electron chi connectivity index (χ2n) is 3.61. The number of halogens is 1. The number of aryl methyl sites for hydroxylation is 1. The van der Waals surface area contributed by atoms with E-state index in [0.717, 1.165) is 6.42 Å². The molecule has 3 amide bonds. The fourth-order valence-electron chi connectivity index (χ4n) is 1.41. The Morgan fingerprint density at radius 2 is 2.00 bits per heavy atom. The first kappa shape index (κ1) is 13.5. The molecule has 0 aromatic heterocycles. The van der Waals surface area contributed by atoms with E-state index in [2.05, 4.69) is 10.6 Å². The highest BCUT2D eigenvalue weighted by molar-refractivity contribution is 6.28. The van der Waals surface area contributed by atoms with Crippen LogP contribution in [0.5, 0.6) is 0 Å². The minimum Gasteiger partial charge on any atom is -0.337 e. The molecule has 4 nitrogen and oxygen atoms in total. The van der Waals surface area contributed by atoms with Gasteiger partial charge in [0.1, 0.15) is 5.88 Å². The average Bonchev–Trinajstić information content (AvgIpc) is 2.31. The smallest absolute Gasteiger partial charge is 0.321 e. The van der Waals surface area contributed by atoms with Gasteiger partial charge in [0.25, 0.3) is 0 Å². The third-order valence-corrected chi connectivity index (χ3v) is 2.56. The van der Waals surface area contributed by atoms with Crippen LogP contribution in [0.15, 0.2) is 24.3 Å². The molecule has 0 unspecified atom stereocenters. The first-order valence-corrected chi connectivity index (χ1v) is 5.85. The molecule has 0 radical (unpaired) electrons. The molecule has 0 heterocycles. The van der Waals surface area contributed by atoms with Crippen molar-refractivity contribution in [3.8, 4) is 0 Å². The van der Waals surface area contributed by atoms with Crippen LogP contribution in [-0.4, -0.2) is 24.4 Å². The molecule has 17 heavy (non-hydrogen) atoms. The van der Waals surface area contributed by atoms with Gasteiger partial charge in [0.05, 0.1) is 0 Å². The lowest BCUT2D eigenvalue weighted by atomic mass is 10.1. The van der Waals surface area contributed by atoms with Crippen molar-refractivity contribution in [2.45, 2.75) is 13.3 Å². The summed E-state index contributed by atoms with van der Waals surface area (Å²) in [5, 5.41) is 4.70. The third-order valence-electron chi connectivity index (χ3n) is 2.32. The molecule has 92 valence electrons. The van der Waals surface area contributed by atoms with E-state index in [1.54, 1.807) is 0 Å². The molecule has 2 N–H and O–H groups in total. The second kappa shape index (κ2) is 6.91. The number of urea groups is 1. The number of alkyl halides is 1. The van der Waals surface area contributed by atoms with Crippen LogP contribution in [0.2, 0.25) is 0 Å². The van der Waals surface area contributed by atoms with Crippen molar-refractivity contribution in [2.24, 2.45) is 0 Å². The van der Waals surface area contributed by atoms with Gasteiger partial charge in [-0.05, 0) is 24.5 Å². The van der Waals surface area contributed by atoms with Crippen molar-refractivity contribution >= 4 is 23.5 Å². The van der Waals surface area contributed by atoms with Crippen molar-refractivity contribution in [3.63, 3.8) is 0 Å². The van der Waals surface area contributed by atoms with Crippen molar-refractivity contribution in [1.29, 1.82) is 0 Å². The van der Waals surface area contributed by atoms with Gasteiger partial charge in [-0.15, -0.1) is 11.6 Å². The molecule has 1 aromatic rings. The molecule has 0 fully saturated rings. The molecule has 0 aliphatic heterocycles. The van der Waals surface area contributed by atoms with Crippen LogP contribution in [0.25, 0.3) is 0 Å². The summed E-state index contributed by atoms with van der Waals surface area (Å²) in [5.41, 5.74) is 2.36.